The number of aromatic nitrogens is 2. The Kier molecular flexibility index (Phi) is 3.82. The van der Waals surface area contributed by atoms with Crippen molar-refractivity contribution in [3.8, 4) is 0 Å². The van der Waals surface area contributed by atoms with E-state index in [1.807, 2.05) is 13.0 Å². The molecule has 1 aliphatic carbocycles. The third-order valence-electron chi connectivity index (χ3n) is 3.42. The van der Waals surface area contributed by atoms with Crippen molar-refractivity contribution in [2.45, 2.75) is 46.1 Å². The highest BCUT2D eigenvalue weighted by Crippen LogP contribution is 2.30. The SMILES string of the molecule is CCNc1nc(C)cc(NC(C)C2CCC2)n1. The Morgan fingerprint density at radius 3 is 2.76 bits per heavy atom. The van der Waals surface area contributed by atoms with Crippen molar-refractivity contribution in [2.75, 3.05) is 17.2 Å². The molecule has 0 spiro atoms. The zero-order valence-corrected chi connectivity index (χ0v) is 11.0. The molecule has 0 aliphatic heterocycles. The zero-order chi connectivity index (χ0) is 12.3. The molecule has 4 heteroatoms. The predicted octanol–water partition coefficient (Wildman–Crippen LogP) is 2.82. The van der Waals surface area contributed by atoms with Crippen molar-refractivity contribution < 1.29 is 0 Å². The Morgan fingerprint density at radius 2 is 2.18 bits per heavy atom. The molecular formula is C13H22N4. The van der Waals surface area contributed by atoms with E-state index in [0.717, 1.165) is 29.9 Å². The number of aryl methyl sites for hydroxylation is 1. The van der Waals surface area contributed by atoms with Crippen LogP contribution in [0.15, 0.2) is 6.07 Å². The summed E-state index contributed by atoms with van der Waals surface area (Å²) in [6, 6.07) is 2.52. The van der Waals surface area contributed by atoms with Gasteiger partial charge in [0.1, 0.15) is 5.82 Å². The van der Waals surface area contributed by atoms with E-state index in [0.29, 0.717) is 6.04 Å². The van der Waals surface area contributed by atoms with Crippen molar-refractivity contribution in [3.05, 3.63) is 11.8 Å². The molecule has 0 amide bonds. The third-order valence-corrected chi connectivity index (χ3v) is 3.42. The Labute approximate surface area is 103 Å². The van der Waals surface area contributed by atoms with E-state index in [2.05, 4.69) is 34.4 Å². The first-order chi connectivity index (χ1) is 8.19. The Morgan fingerprint density at radius 1 is 1.41 bits per heavy atom. The minimum atomic E-state index is 0.507. The van der Waals surface area contributed by atoms with E-state index in [9.17, 15) is 0 Å². The standard InChI is InChI=1S/C13H22N4/c1-4-14-13-15-9(2)8-12(17-13)16-10(3)11-6-5-7-11/h8,10-11H,4-7H2,1-3H3,(H2,14,15,16,17). The zero-order valence-electron chi connectivity index (χ0n) is 11.0. The number of hydrogen-bond donors (Lipinski definition) is 2. The van der Waals surface area contributed by atoms with E-state index in [1.54, 1.807) is 0 Å². The summed E-state index contributed by atoms with van der Waals surface area (Å²) in [5, 5.41) is 6.65. The van der Waals surface area contributed by atoms with Gasteiger partial charge in [-0.2, -0.15) is 4.98 Å². The van der Waals surface area contributed by atoms with Gasteiger partial charge in [0.15, 0.2) is 0 Å². The summed E-state index contributed by atoms with van der Waals surface area (Å²) in [6.07, 6.45) is 4.07. The van der Waals surface area contributed by atoms with Crippen LogP contribution in [-0.2, 0) is 0 Å². The summed E-state index contributed by atoms with van der Waals surface area (Å²) < 4.78 is 0. The third kappa shape index (κ3) is 3.08. The van der Waals surface area contributed by atoms with Crippen LogP contribution >= 0.6 is 0 Å². The molecule has 0 bridgehead atoms. The summed E-state index contributed by atoms with van der Waals surface area (Å²) in [6.45, 7) is 7.15. The number of nitrogens with one attached hydrogen (secondary N) is 2. The molecule has 1 aromatic heterocycles. The lowest BCUT2D eigenvalue weighted by Crippen LogP contribution is -2.31. The Hall–Kier alpha value is -1.32. The van der Waals surface area contributed by atoms with Crippen LogP contribution in [0.2, 0.25) is 0 Å². The number of anilines is 2. The monoisotopic (exact) mass is 234 g/mol. The molecule has 94 valence electrons. The normalized spacial score (nSPS) is 17.4. The average molecular weight is 234 g/mol. The highest BCUT2D eigenvalue weighted by atomic mass is 15.1. The first kappa shape index (κ1) is 12.1. The van der Waals surface area contributed by atoms with E-state index in [-0.39, 0.29) is 0 Å². The fourth-order valence-corrected chi connectivity index (χ4v) is 2.17. The van der Waals surface area contributed by atoms with Crippen molar-refractivity contribution in [3.63, 3.8) is 0 Å². The highest BCUT2D eigenvalue weighted by molar-refractivity contribution is 5.42. The molecule has 0 radical (unpaired) electrons. The van der Waals surface area contributed by atoms with Gasteiger partial charge in [-0.1, -0.05) is 6.42 Å². The summed E-state index contributed by atoms with van der Waals surface area (Å²) in [4.78, 5) is 8.82. The fourth-order valence-electron chi connectivity index (χ4n) is 2.17. The molecule has 1 saturated carbocycles. The summed E-state index contributed by atoms with van der Waals surface area (Å²) in [7, 11) is 0. The molecule has 17 heavy (non-hydrogen) atoms. The topological polar surface area (TPSA) is 49.8 Å². The summed E-state index contributed by atoms with van der Waals surface area (Å²) in [5.41, 5.74) is 0.999. The van der Waals surface area contributed by atoms with Gasteiger partial charge in [-0.05, 0) is 39.5 Å². The van der Waals surface area contributed by atoms with Crippen LogP contribution < -0.4 is 10.6 Å². The summed E-state index contributed by atoms with van der Waals surface area (Å²) >= 11 is 0. The van der Waals surface area contributed by atoms with Gasteiger partial charge >= 0.3 is 0 Å². The van der Waals surface area contributed by atoms with Gasteiger partial charge in [-0.25, -0.2) is 4.98 Å². The van der Waals surface area contributed by atoms with Gasteiger partial charge in [-0.3, -0.25) is 0 Å². The molecular weight excluding hydrogens is 212 g/mol. The van der Waals surface area contributed by atoms with Crippen molar-refractivity contribution in [2.24, 2.45) is 5.92 Å². The minimum absolute atomic E-state index is 0.507. The van der Waals surface area contributed by atoms with Crippen molar-refractivity contribution >= 4 is 11.8 Å². The second-order valence-corrected chi connectivity index (χ2v) is 4.87. The maximum atomic E-state index is 4.47. The lowest BCUT2D eigenvalue weighted by Gasteiger charge is -2.32. The maximum Gasteiger partial charge on any atom is 0.224 e. The lowest BCUT2D eigenvalue weighted by atomic mass is 9.80. The Bertz CT molecular complexity index is 374. The number of hydrogen-bond acceptors (Lipinski definition) is 4. The van der Waals surface area contributed by atoms with Crippen molar-refractivity contribution in [1.82, 2.24) is 9.97 Å². The molecule has 1 heterocycles. The smallest absolute Gasteiger partial charge is 0.224 e. The van der Waals surface area contributed by atoms with Gasteiger partial charge in [0.05, 0.1) is 0 Å². The van der Waals surface area contributed by atoms with Gasteiger partial charge in [0, 0.05) is 24.3 Å². The summed E-state index contributed by atoms with van der Waals surface area (Å²) in [5.74, 6) is 2.47. The maximum absolute atomic E-state index is 4.47. The number of nitrogens with zero attached hydrogens (tertiary/aromatic N) is 2. The Balaban J connectivity index is 2.03. The van der Waals surface area contributed by atoms with E-state index >= 15 is 0 Å². The van der Waals surface area contributed by atoms with Crippen LogP contribution in [0.1, 0.15) is 38.8 Å². The first-order valence-electron chi connectivity index (χ1n) is 6.55. The molecule has 0 aromatic carbocycles. The molecule has 1 fully saturated rings. The van der Waals surface area contributed by atoms with Crippen LogP contribution in [0, 0.1) is 12.8 Å². The average Bonchev–Trinajstić information content (AvgIpc) is 2.13. The largest absolute Gasteiger partial charge is 0.367 e. The molecule has 1 atom stereocenters. The second kappa shape index (κ2) is 5.34. The molecule has 0 saturated heterocycles. The minimum Gasteiger partial charge on any atom is -0.367 e. The molecule has 1 aliphatic rings. The van der Waals surface area contributed by atoms with Crippen LogP contribution in [0.3, 0.4) is 0 Å². The molecule has 4 nitrogen and oxygen atoms in total. The van der Waals surface area contributed by atoms with Crippen LogP contribution in [-0.4, -0.2) is 22.6 Å². The van der Waals surface area contributed by atoms with E-state index in [4.69, 9.17) is 0 Å². The van der Waals surface area contributed by atoms with Gasteiger partial charge in [0.2, 0.25) is 5.95 Å². The first-order valence-corrected chi connectivity index (χ1v) is 6.55. The molecule has 2 N–H and O–H groups in total. The quantitative estimate of drug-likeness (QED) is 0.822. The molecule has 2 rings (SSSR count). The van der Waals surface area contributed by atoms with Crippen LogP contribution in [0.5, 0.6) is 0 Å². The lowest BCUT2D eigenvalue weighted by molar-refractivity contribution is 0.285. The van der Waals surface area contributed by atoms with Gasteiger partial charge in [-0.15, -0.1) is 0 Å². The van der Waals surface area contributed by atoms with E-state index < -0.39 is 0 Å². The van der Waals surface area contributed by atoms with Gasteiger partial charge in [0.25, 0.3) is 0 Å². The second-order valence-electron chi connectivity index (χ2n) is 4.87. The molecule has 1 unspecified atom stereocenters. The fraction of sp³-hybridized carbons (Fsp3) is 0.692. The highest BCUT2D eigenvalue weighted by Gasteiger charge is 2.24. The van der Waals surface area contributed by atoms with Crippen LogP contribution in [0.25, 0.3) is 0 Å². The van der Waals surface area contributed by atoms with E-state index in [1.165, 1.54) is 19.3 Å². The molecule has 1 aromatic rings. The number of rotatable bonds is 5. The predicted molar refractivity (Wildman–Crippen MR) is 71.4 cm³/mol. The van der Waals surface area contributed by atoms with Crippen molar-refractivity contribution in [1.29, 1.82) is 0 Å². The van der Waals surface area contributed by atoms with Gasteiger partial charge < -0.3 is 10.6 Å². The van der Waals surface area contributed by atoms with Crippen LogP contribution in [0.4, 0.5) is 11.8 Å².